The zero-order valence-electron chi connectivity index (χ0n) is 8.91. The number of aromatic nitrogens is 2. The van der Waals surface area contributed by atoms with Crippen LogP contribution in [0.15, 0.2) is 15.8 Å². The third-order valence-corrected chi connectivity index (χ3v) is 2.54. The van der Waals surface area contributed by atoms with Crippen LogP contribution in [0.5, 0.6) is 0 Å². The maximum absolute atomic E-state index is 11.3. The Morgan fingerprint density at radius 2 is 1.94 bits per heavy atom. The molecule has 0 saturated heterocycles. The number of H-pyrrole nitrogens is 1. The Kier molecular flexibility index (Phi) is 5.28. The highest BCUT2D eigenvalue weighted by Gasteiger charge is 2.01. The van der Waals surface area contributed by atoms with Gasteiger partial charge in [0.15, 0.2) is 0 Å². The van der Waals surface area contributed by atoms with Gasteiger partial charge in [-0.25, -0.2) is 4.79 Å². The van der Waals surface area contributed by atoms with Crippen molar-refractivity contribution in [1.29, 1.82) is 0 Å². The summed E-state index contributed by atoms with van der Waals surface area (Å²) < 4.78 is 1.39. The summed E-state index contributed by atoms with van der Waals surface area (Å²) in [7, 11) is 0. The van der Waals surface area contributed by atoms with Gasteiger partial charge >= 0.3 is 5.69 Å². The minimum Gasteiger partial charge on any atom is -0.396 e. The molecule has 1 aromatic heterocycles. The summed E-state index contributed by atoms with van der Waals surface area (Å²) in [6.07, 6.45) is 4.82. The molecule has 0 aromatic carbocycles. The Morgan fingerprint density at radius 1 is 1.25 bits per heavy atom. The number of aliphatic hydroxyl groups excluding tert-OH is 1. The van der Waals surface area contributed by atoms with Crippen molar-refractivity contribution >= 4 is 11.6 Å². The Balaban J connectivity index is 2.51. The minimum atomic E-state index is -0.553. The van der Waals surface area contributed by atoms with Crippen LogP contribution in [-0.4, -0.2) is 21.3 Å². The molecule has 5 nitrogen and oxygen atoms in total. The van der Waals surface area contributed by atoms with E-state index in [4.69, 9.17) is 16.7 Å². The van der Waals surface area contributed by atoms with E-state index in [0.717, 1.165) is 25.7 Å². The van der Waals surface area contributed by atoms with Gasteiger partial charge in [-0.15, -0.1) is 0 Å². The molecular weight excluding hydrogens is 232 g/mol. The fourth-order valence-corrected chi connectivity index (χ4v) is 1.56. The van der Waals surface area contributed by atoms with Crippen molar-refractivity contribution in [2.24, 2.45) is 0 Å². The van der Waals surface area contributed by atoms with E-state index in [1.807, 2.05) is 0 Å². The van der Waals surface area contributed by atoms with E-state index in [-0.39, 0.29) is 11.6 Å². The third kappa shape index (κ3) is 3.83. The summed E-state index contributed by atoms with van der Waals surface area (Å²) in [6.45, 7) is 0.727. The first-order valence-electron chi connectivity index (χ1n) is 5.25. The third-order valence-electron chi connectivity index (χ3n) is 2.27. The second kappa shape index (κ2) is 6.50. The van der Waals surface area contributed by atoms with Gasteiger partial charge in [0.05, 0.1) is 0 Å². The predicted octanol–water partition coefficient (Wildman–Crippen LogP) is 0.743. The van der Waals surface area contributed by atoms with E-state index >= 15 is 0 Å². The van der Waals surface area contributed by atoms with Crippen molar-refractivity contribution in [3.63, 3.8) is 0 Å². The largest absolute Gasteiger partial charge is 0.396 e. The number of aromatic amines is 1. The van der Waals surface area contributed by atoms with E-state index in [2.05, 4.69) is 4.98 Å². The van der Waals surface area contributed by atoms with Gasteiger partial charge in [0.25, 0.3) is 5.56 Å². The van der Waals surface area contributed by atoms with Crippen molar-refractivity contribution in [3.05, 3.63) is 32.1 Å². The van der Waals surface area contributed by atoms with Crippen LogP contribution in [0.25, 0.3) is 0 Å². The van der Waals surface area contributed by atoms with E-state index in [0.29, 0.717) is 6.54 Å². The second-order valence-corrected chi connectivity index (χ2v) is 3.97. The van der Waals surface area contributed by atoms with E-state index in [9.17, 15) is 9.59 Å². The number of aryl methyl sites for hydroxylation is 1. The number of nitrogens with zero attached hydrogens (tertiary/aromatic N) is 1. The molecule has 1 aromatic rings. The molecule has 1 heterocycles. The van der Waals surface area contributed by atoms with Gasteiger partial charge in [-0.05, 0) is 12.8 Å². The minimum absolute atomic E-state index is 0.0231. The zero-order valence-corrected chi connectivity index (χ0v) is 9.66. The molecule has 0 atom stereocenters. The lowest BCUT2D eigenvalue weighted by atomic mass is 10.2. The lowest BCUT2D eigenvalue weighted by molar-refractivity contribution is 0.282. The number of hydrogen-bond donors (Lipinski definition) is 2. The Bertz CT molecular complexity index is 438. The molecule has 6 heteroatoms. The average Bonchev–Trinajstić information content (AvgIpc) is 2.25. The summed E-state index contributed by atoms with van der Waals surface area (Å²) >= 11 is 5.61. The fraction of sp³-hybridized carbons (Fsp3) is 0.600. The predicted molar refractivity (Wildman–Crippen MR) is 61.9 cm³/mol. The van der Waals surface area contributed by atoms with E-state index in [1.54, 1.807) is 0 Å². The lowest BCUT2D eigenvalue weighted by Crippen LogP contribution is -2.29. The van der Waals surface area contributed by atoms with Crippen molar-refractivity contribution in [2.75, 3.05) is 6.61 Å². The maximum atomic E-state index is 11.3. The van der Waals surface area contributed by atoms with Gasteiger partial charge in [0.2, 0.25) is 0 Å². The number of hydrogen-bond acceptors (Lipinski definition) is 3. The molecule has 1 rings (SSSR count). The Labute approximate surface area is 97.7 Å². The van der Waals surface area contributed by atoms with Gasteiger partial charge in [-0.3, -0.25) is 14.3 Å². The van der Waals surface area contributed by atoms with Gasteiger partial charge in [-0.2, -0.15) is 0 Å². The fourth-order valence-electron chi connectivity index (χ4n) is 1.40. The smallest absolute Gasteiger partial charge is 0.328 e. The topological polar surface area (TPSA) is 75.1 Å². The number of unbranched alkanes of at least 4 members (excludes halogenated alkanes) is 3. The molecule has 0 aliphatic heterocycles. The average molecular weight is 247 g/mol. The molecule has 0 amide bonds. The second-order valence-electron chi connectivity index (χ2n) is 3.57. The Morgan fingerprint density at radius 3 is 2.62 bits per heavy atom. The van der Waals surface area contributed by atoms with Crippen LogP contribution in [0.1, 0.15) is 25.7 Å². The monoisotopic (exact) mass is 246 g/mol. The summed E-state index contributed by atoms with van der Waals surface area (Å²) in [4.78, 5) is 24.4. The highest BCUT2D eigenvalue weighted by molar-refractivity contribution is 6.30. The quantitative estimate of drug-likeness (QED) is 0.727. The molecular formula is C10H15ClN2O3. The normalized spacial score (nSPS) is 10.6. The van der Waals surface area contributed by atoms with Gasteiger partial charge in [0, 0.05) is 19.3 Å². The standard InChI is InChI=1S/C10H15ClN2O3/c11-8-7-13(10(16)12-9(8)15)5-3-1-2-4-6-14/h7,14H,1-6H2,(H,12,15,16). The SMILES string of the molecule is O=c1[nH]c(=O)n(CCCCCCO)cc1Cl. The van der Waals surface area contributed by atoms with Crippen LogP contribution in [0.2, 0.25) is 5.02 Å². The summed E-state index contributed by atoms with van der Waals surface area (Å²) in [5.74, 6) is 0. The van der Waals surface area contributed by atoms with Crippen molar-refractivity contribution in [2.45, 2.75) is 32.2 Å². The molecule has 90 valence electrons. The zero-order chi connectivity index (χ0) is 12.0. The van der Waals surface area contributed by atoms with Crippen LogP contribution >= 0.6 is 11.6 Å². The molecule has 2 N–H and O–H groups in total. The molecule has 0 unspecified atom stereocenters. The summed E-state index contributed by atoms with van der Waals surface area (Å²) in [5.41, 5.74) is -0.986. The summed E-state index contributed by atoms with van der Waals surface area (Å²) in [5, 5.41) is 8.60. The van der Waals surface area contributed by atoms with Crippen molar-refractivity contribution in [3.8, 4) is 0 Å². The highest BCUT2D eigenvalue weighted by atomic mass is 35.5. The Hall–Kier alpha value is -1.07. The molecule has 0 saturated carbocycles. The number of rotatable bonds is 6. The first-order chi connectivity index (χ1) is 7.65. The van der Waals surface area contributed by atoms with Crippen LogP contribution in [0.3, 0.4) is 0 Å². The van der Waals surface area contributed by atoms with E-state index in [1.165, 1.54) is 10.8 Å². The van der Waals surface area contributed by atoms with Crippen LogP contribution in [-0.2, 0) is 6.54 Å². The number of halogens is 1. The molecule has 0 radical (unpaired) electrons. The van der Waals surface area contributed by atoms with Crippen LogP contribution in [0, 0.1) is 0 Å². The lowest BCUT2D eigenvalue weighted by Gasteiger charge is -2.04. The van der Waals surface area contributed by atoms with Gasteiger partial charge in [-0.1, -0.05) is 24.4 Å². The molecule has 0 spiro atoms. The van der Waals surface area contributed by atoms with Crippen molar-refractivity contribution in [1.82, 2.24) is 9.55 Å². The van der Waals surface area contributed by atoms with E-state index < -0.39 is 11.2 Å². The van der Waals surface area contributed by atoms with Crippen molar-refractivity contribution < 1.29 is 5.11 Å². The molecule has 16 heavy (non-hydrogen) atoms. The van der Waals surface area contributed by atoms with Gasteiger partial charge in [0.1, 0.15) is 5.02 Å². The number of aliphatic hydroxyl groups is 1. The summed E-state index contributed by atoms with van der Waals surface area (Å²) in [6, 6.07) is 0. The molecule has 0 fully saturated rings. The number of nitrogens with one attached hydrogen (secondary N) is 1. The first-order valence-corrected chi connectivity index (χ1v) is 5.63. The first kappa shape index (κ1) is 13.0. The molecule has 0 aliphatic rings. The molecule has 0 bridgehead atoms. The highest BCUT2D eigenvalue weighted by Crippen LogP contribution is 2.02. The van der Waals surface area contributed by atoms with Gasteiger partial charge < -0.3 is 5.11 Å². The maximum Gasteiger partial charge on any atom is 0.328 e. The molecule has 0 aliphatic carbocycles. The van der Waals surface area contributed by atoms with Crippen LogP contribution < -0.4 is 11.2 Å². The van der Waals surface area contributed by atoms with Crippen LogP contribution in [0.4, 0.5) is 0 Å².